The van der Waals surface area contributed by atoms with Gasteiger partial charge in [0.15, 0.2) is 0 Å². The molecule has 1 aromatic carbocycles. The summed E-state index contributed by atoms with van der Waals surface area (Å²) in [7, 11) is -3.56. The van der Waals surface area contributed by atoms with E-state index in [2.05, 4.69) is 12.2 Å². The molecule has 0 aromatic heterocycles. The summed E-state index contributed by atoms with van der Waals surface area (Å²) in [6, 6.07) is 4.53. The van der Waals surface area contributed by atoms with E-state index in [1.165, 1.54) is 16.4 Å². The van der Waals surface area contributed by atoms with Gasteiger partial charge >= 0.3 is 0 Å². The van der Waals surface area contributed by atoms with E-state index in [0.29, 0.717) is 24.0 Å². The quantitative estimate of drug-likeness (QED) is 0.887. The minimum absolute atomic E-state index is 0.0989. The maximum absolute atomic E-state index is 12.6. The van der Waals surface area contributed by atoms with Crippen molar-refractivity contribution in [2.75, 3.05) is 26.2 Å². The highest BCUT2D eigenvalue weighted by molar-refractivity contribution is 7.89. The van der Waals surface area contributed by atoms with Gasteiger partial charge in [-0.15, -0.1) is 0 Å². The van der Waals surface area contributed by atoms with Crippen LogP contribution in [-0.2, 0) is 10.0 Å². The molecule has 4 nitrogen and oxygen atoms in total. The molecule has 0 atom stereocenters. The van der Waals surface area contributed by atoms with E-state index in [-0.39, 0.29) is 9.92 Å². The van der Waals surface area contributed by atoms with E-state index in [0.717, 1.165) is 25.9 Å². The van der Waals surface area contributed by atoms with Gasteiger partial charge in [0.1, 0.15) is 4.90 Å². The van der Waals surface area contributed by atoms with Crippen molar-refractivity contribution in [3.63, 3.8) is 0 Å². The number of nitrogens with zero attached hydrogens (tertiary/aromatic N) is 1. The zero-order chi connectivity index (χ0) is 15.5. The average molecular weight is 351 g/mol. The van der Waals surface area contributed by atoms with Crippen molar-refractivity contribution in [3.8, 4) is 0 Å². The second kappa shape index (κ2) is 7.29. The lowest BCUT2D eigenvalue weighted by atomic mass is 9.98. The van der Waals surface area contributed by atoms with Crippen LogP contribution in [0.2, 0.25) is 10.0 Å². The van der Waals surface area contributed by atoms with E-state index in [9.17, 15) is 8.42 Å². The van der Waals surface area contributed by atoms with Crippen LogP contribution in [0.5, 0.6) is 0 Å². The van der Waals surface area contributed by atoms with Crippen molar-refractivity contribution < 1.29 is 8.42 Å². The third kappa shape index (κ3) is 4.11. The third-order valence-corrected chi connectivity index (χ3v) is 6.38. The number of hydrogen-bond donors (Lipinski definition) is 1. The zero-order valence-corrected chi connectivity index (χ0v) is 14.3. The van der Waals surface area contributed by atoms with Crippen LogP contribution in [0.15, 0.2) is 23.1 Å². The van der Waals surface area contributed by atoms with Gasteiger partial charge in [0.05, 0.1) is 5.02 Å². The maximum atomic E-state index is 12.6. The molecule has 21 heavy (non-hydrogen) atoms. The molecule has 1 aliphatic heterocycles. The summed E-state index contributed by atoms with van der Waals surface area (Å²) in [5.41, 5.74) is 0. The fourth-order valence-electron chi connectivity index (χ4n) is 2.52. The van der Waals surface area contributed by atoms with Crippen LogP contribution in [0.4, 0.5) is 0 Å². The van der Waals surface area contributed by atoms with Gasteiger partial charge in [0, 0.05) is 18.1 Å². The molecule has 0 saturated carbocycles. The molecule has 1 heterocycles. The predicted molar refractivity (Wildman–Crippen MR) is 86.5 cm³/mol. The van der Waals surface area contributed by atoms with E-state index in [1.54, 1.807) is 6.07 Å². The molecule has 0 amide bonds. The van der Waals surface area contributed by atoms with Crippen molar-refractivity contribution in [1.29, 1.82) is 0 Å². The lowest BCUT2D eigenvalue weighted by molar-refractivity contribution is 0.268. The Labute approximate surface area is 136 Å². The number of rotatable bonds is 5. The number of benzene rings is 1. The molecular weight excluding hydrogens is 331 g/mol. The monoisotopic (exact) mass is 350 g/mol. The summed E-state index contributed by atoms with van der Waals surface area (Å²) < 4.78 is 26.8. The van der Waals surface area contributed by atoms with E-state index >= 15 is 0 Å². The largest absolute Gasteiger partial charge is 0.317 e. The van der Waals surface area contributed by atoms with Gasteiger partial charge in [-0.05, 0) is 50.0 Å². The molecule has 7 heteroatoms. The van der Waals surface area contributed by atoms with Crippen molar-refractivity contribution in [2.45, 2.75) is 24.7 Å². The molecule has 0 unspecified atom stereocenters. The van der Waals surface area contributed by atoms with Crippen LogP contribution in [0.1, 0.15) is 19.8 Å². The first-order valence-electron chi connectivity index (χ1n) is 7.11. The number of sulfonamides is 1. The standard InChI is InChI=1S/C14H20Cl2N2O2S/c1-2-17-10-11-5-7-18(8-6-11)21(19,20)14-9-12(15)3-4-13(14)16/h3-4,9,11,17H,2,5-8,10H2,1H3. The topological polar surface area (TPSA) is 49.4 Å². The second-order valence-electron chi connectivity index (χ2n) is 5.23. The van der Waals surface area contributed by atoms with E-state index in [4.69, 9.17) is 23.2 Å². The fraction of sp³-hybridized carbons (Fsp3) is 0.571. The van der Waals surface area contributed by atoms with Crippen molar-refractivity contribution >= 4 is 33.2 Å². The fourth-order valence-corrected chi connectivity index (χ4v) is 4.72. The van der Waals surface area contributed by atoms with Crippen molar-refractivity contribution in [3.05, 3.63) is 28.2 Å². The summed E-state index contributed by atoms with van der Waals surface area (Å²) in [6.07, 6.45) is 1.73. The van der Waals surface area contributed by atoms with Gasteiger partial charge in [-0.1, -0.05) is 30.1 Å². The highest BCUT2D eigenvalue weighted by Gasteiger charge is 2.30. The second-order valence-corrected chi connectivity index (χ2v) is 7.98. The van der Waals surface area contributed by atoms with E-state index < -0.39 is 10.0 Å². The lowest BCUT2D eigenvalue weighted by Crippen LogP contribution is -2.40. The van der Waals surface area contributed by atoms with Gasteiger partial charge in [0.2, 0.25) is 10.0 Å². The molecule has 118 valence electrons. The molecule has 1 aliphatic rings. The normalized spacial score (nSPS) is 18.0. The van der Waals surface area contributed by atoms with Gasteiger partial charge in [-0.2, -0.15) is 4.31 Å². The zero-order valence-electron chi connectivity index (χ0n) is 12.0. The van der Waals surface area contributed by atoms with E-state index in [1.807, 2.05) is 0 Å². The number of halogens is 2. The SMILES string of the molecule is CCNCC1CCN(S(=O)(=O)c2cc(Cl)ccc2Cl)CC1. The Morgan fingerprint density at radius 3 is 2.57 bits per heavy atom. The van der Waals surface area contributed by atoms with Crippen molar-refractivity contribution in [2.24, 2.45) is 5.92 Å². The summed E-state index contributed by atoms with van der Waals surface area (Å²) in [6.45, 7) is 5.02. The molecular formula is C14H20Cl2N2O2S. The number of piperidine rings is 1. The number of hydrogen-bond acceptors (Lipinski definition) is 3. The van der Waals surface area contributed by atoms with Crippen LogP contribution in [0.3, 0.4) is 0 Å². The molecule has 0 aliphatic carbocycles. The first-order chi connectivity index (χ1) is 9.95. The Hall–Kier alpha value is -0.330. The summed E-state index contributed by atoms with van der Waals surface area (Å²) in [5.74, 6) is 0.534. The third-order valence-electron chi connectivity index (χ3n) is 3.77. The summed E-state index contributed by atoms with van der Waals surface area (Å²) in [4.78, 5) is 0.0989. The van der Waals surface area contributed by atoms with Crippen LogP contribution in [-0.4, -0.2) is 38.9 Å². The number of nitrogens with one attached hydrogen (secondary N) is 1. The predicted octanol–water partition coefficient (Wildman–Crippen LogP) is 3.00. The van der Waals surface area contributed by atoms with Crippen LogP contribution in [0.25, 0.3) is 0 Å². The van der Waals surface area contributed by atoms with Gasteiger partial charge in [-0.25, -0.2) is 8.42 Å². The minimum Gasteiger partial charge on any atom is -0.317 e. The smallest absolute Gasteiger partial charge is 0.244 e. The Morgan fingerprint density at radius 1 is 1.29 bits per heavy atom. The maximum Gasteiger partial charge on any atom is 0.244 e. The molecule has 0 bridgehead atoms. The van der Waals surface area contributed by atoms with Crippen LogP contribution in [0, 0.1) is 5.92 Å². The lowest BCUT2D eigenvalue weighted by Gasteiger charge is -2.31. The molecule has 2 rings (SSSR count). The van der Waals surface area contributed by atoms with Gasteiger partial charge in [0.25, 0.3) is 0 Å². The highest BCUT2D eigenvalue weighted by Crippen LogP contribution is 2.30. The van der Waals surface area contributed by atoms with Crippen molar-refractivity contribution in [1.82, 2.24) is 9.62 Å². The summed E-state index contributed by atoms with van der Waals surface area (Å²) in [5, 5.41) is 3.91. The van der Waals surface area contributed by atoms with Crippen LogP contribution < -0.4 is 5.32 Å². The highest BCUT2D eigenvalue weighted by atomic mass is 35.5. The summed E-state index contributed by atoms with van der Waals surface area (Å²) >= 11 is 11.9. The van der Waals surface area contributed by atoms with Gasteiger partial charge < -0.3 is 5.32 Å². The Bertz CT molecular complexity index is 585. The first kappa shape index (κ1) is 17.0. The first-order valence-corrected chi connectivity index (χ1v) is 9.30. The Balaban J connectivity index is 2.10. The molecule has 1 saturated heterocycles. The molecule has 0 spiro atoms. The Morgan fingerprint density at radius 2 is 1.95 bits per heavy atom. The van der Waals surface area contributed by atoms with Crippen LogP contribution >= 0.6 is 23.2 Å². The average Bonchev–Trinajstić information content (AvgIpc) is 2.48. The molecule has 1 aromatic rings. The molecule has 0 radical (unpaired) electrons. The molecule has 1 fully saturated rings. The Kier molecular flexibility index (Phi) is 5.91. The van der Waals surface area contributed by atoms with Gasteiger partial charge in [-0.3, -0.25) is 0 Å². The minimum atomic E-state index is -3.56. The molecule has 1 N–H and O–H groups in total.